The normalized spacial score (nSPS) is 22.2. The van der Waals surface area contributed by atoms with Gasteiger partial charge in [-0.25, -0.2) is 4.98 Å². The summed E-state index contributed by atoms with van der Waals surface area (Å²) in [5.74, 6) is -2.53. The van der Waals surface area contributed by atoms with Gasteiger partial charge in [-0.3, -0.25) is 14.4 Å². The lowest BCUT2D eigenvalue weighted by molar-refractivity contribution is -0.908. The number of likely N-dealkylation sites (tertiary alicyclic amines) is 1. The van der Waals surface area contributed by atoms with Gasteiger partial charge in [-0.15, -0.1) is 0 Å². The average Bonchev–Trinajstić information content (AvgIpc) is 3.05. The minimum Gasteiger partial charge on any atom is -0.370 e. The lowest BCUT2D eigenvalue weighted by Gasteiger charge is -2.26. The molecule has 1 aromatic heterocycles. The summed E-state index contributed by atoms with van der Waals surface area (Å²) < 4.78 is 5.40. The molecule has 2 saturated heterocycles. The summed E-state index contributed by atoms with van der Waals surface area (Å²) in [4.78, 5) is 45.5. The molecule has 162 valence electrons. The molecule has 1 amide bonds. The maximum atomic E-state index is 13.3. The van der Waals surface area contributed by atoms with Gasteiger partial charge < -0.3 is 14.5 Å². The first kappa shape index (κ1) is 21.3. The van der Waals surface area contributed by atoms with E-state index in [0.717, 1.165) is 44.8 Å². The Morgan fingerprint density at radius 3 is 2.55 bits per heavy atom. The number of pyridine rings is 1. The first-order valence-electron chi connectivity index (χ1n) is 10.9. The Bertz CT molecular complexity index is 939. The number of Topliss-reactive ketones (excluding diaryl/α,β-unsaturated/α-hetero) is 2. The van der Waals surface area contributed by atoms with Crippen LogP contribution in [0.25, 0.3) is 0 Å². The van der Waals surface area contributed by atoms with Crippen LogP contribution in [0.1, 0.15) is 34.1 Å². The molecule has 2 atom stereocenters. The third kappa shape index (κ3) is 4.57. The fourth-order valence-electron chi connectivity index (χ4n) is 4.47. The van der Waals surface area contributed by atoms with E-state index in [0.29, 0.717) is 17.8 Å². The van der Waals surface area contributed by atoms with Gasteiger partial charge in [-0.1, -0.05) is 35.9 Å². The molecule has 2 fully saturated rings. The number of ketones is 2. The summed E-state index contributed by atoms with van der Waals surface area (Å²) >= 11 is 0. The zero-order chi connectivity index (χ0) is 21.8. The summed E-state index contributed by atoms with van der Waals surface area (Å²) in [6, 6.07) is 12.1. The molecular weight excluding hydrogens is 394 g/mol. The van der Waals surface area contributed by atoms with Crippen LogP contribution in [0.4, 0.5) is 0 Å². The van der Waals surface area contributed by atoms with Gasteiger partial charge in [0.1, 0.15) is 25.0 Å². The summed E-state index contributed by atoms with van der Waals surface area (Å²) in [5, 5.41) is 0. The molecule has 0 radical (unpaired) electrons. The van der Waals surface area contributed by atoms with E-state index >= 15 is 0 Å². The first-order valence-corrected chi connectivity index (χ1v) is 10.9. The monoisotopic (exact) mass is 423 g/mol. The smallest absolute Gasteiger partial charge is 0.291 e. The number of nitrogens with zero attached hydrogens (tertiary/aromatic N) is 1. The molecule has 0 aliphatic carbocycles. The van der Waals surface area contributed by atoms with E-state index in [4.69, 9.17) is 4.74 Å². The second-order valence-electron chi connectivity index (χ2n) is 8.30. The standard InChI is InChI=1S/C24H27N3O4/c1-17-6-8-18(9-7-17)22(28)20-21(19-5-2-3-10-25-19)27(24(30)23(20)29)12-4-11-26-13-15-31-16-14-26/h2-3,5-10,20-21H,4,11-16H2,1H3/p+2. The quantitative estimate of drug-likeness (QED) is 0.388. The van der Waals surface area contributed by atoms with Crippen LogP contribution in [0.15, 0.2) is 48.7 Å². The number of carbonyl (C=O) groups excluding carboxylic acids is 3. The molecule has 31 heavy (non-hydrogen) atoms. The predicted octanol–water partition coefficient (Wildman–Crippen LogP) is 0.0658. The predicted molar refractivity (Wildman–Crippen MR) is 112 cm³/mol. The molecule has 4 rings (SSSR count). The fourth-order valence-corrected chi connectivity index (χ4v) is 4.47. The lowest BCUT2D eigenvalue weighted by atomic mass is 9.88. The molecule has 2 aromatic rings. The number of nitrogens with one attached hydrogen (secondary N) is 2. The van der Waals surface area contributed by atoms with E-state index in [1.165, 1.54) is 4.90 Å². The molecule has 0 saturated carbocycles. The highest BCUT2D eigenvalue weighted by molar-refractivity contribution is 6.43. The van der Waals surface area contributed by atoms with Crippen molar-refractivity contribution in [1.82, 2.24) is 4.90 Å². The Hall–Kier alpha value is -2.90. The molecule has 2 unspecified atom stereocenters. The van der Waals surface area contributed by atoms with Crippen molar-refractivity contribution < 1.29 is 29.0 Å². The van der Waals surface area contributed by atoms with Crippen LogP contribution in [0.2, 0.25) is 0 Å². The molecule has 2 N–H and O–H groups in total. The van der Waals surface area contributed by atoms with Gasteiger partial charge in [0.15, 0.2) is 12.0 Å². The maximum Gasteiger partial charge on any atom is 0.291 e. The molecule has 0 bridgehead atoms. The van der Waals surface area contributed by atoms with Crippen LogP contribution in [-0.2, 0) is 14.3 Å². The van der Waals surface area contributed by atoms with E-state index in [2.05, 4.69) is 4.98 Å². The zero-order valence-corrected chi connectivity index (χ0v) is 17.8. The Morgan fingerprint density at radius 1 is 1.13 bits per heavy atom. The van der Waals surface area contributed by atoms with Gasteiger partial charge in [0.05, 0.1) is 19.8 Å². The largest absolute Gasteiger partial charge is 0.370 e. The van der Waals surface area contributed by atoms with Crippen molar-refractivity contribution in [3.05, 3.63) is 65.5 Å². The van der Waals surface area contributed by atoms with Crippen molar-refractivity contribution in [3.63, 3.8) is 0 Å². The number of hydrogen-bond acceptors (Lipinski definition) is 4. The second kappa shape index (κ2) is 9.49. The second-order valence-corrected chi connectivity index (χ2v) is 8.30. The van der Waals surface area contributed by atoms with Gasteiger partial charge in [0.25, 0.3) is 5.91 Å². The highest BCUT2D eigenvalue weighted by atomic mass is 16.5. The topological polar surface area (TPSA) is 82.3 Å². The van der Waals surface area contributed by atoms with Crippen LogP contribution >= 0.6 is 0 Å². The van der Waals surface area contributed by atoms with Crippen molar-refractivity contribution in [2.45, 2.75) is 19.4 Å². The van der Waals surface area contributed by atoms with Gasteiger partial charge in [0, 0.05) is 30.7 Å². The summed E-state index contributed by atoms with van der Waals surface area (Å²) in [6.45, 7) is 6.71. The van der Waals surface area contributed by atoms with Crippen LogP contribution in [0.3, 0.4) is 0 Å². The molecule has 2 aliphatic heterocycles. The van der Waals surface area contributed by atoms with Gasteiger partial charge in [0.2, 0.25) is 11.5 Å². The van der Waals surface area contributed by atoms with Gasteiger partial charge in [-0.05, 0) is 6.92 Å². The number of hydrogen-bond donors (Lipinski definition) is 1. The molecular formula is C24H29N3O4+2. The average molecular weight is 424 g/mol. The molecule has 1 aromatic carbocycles. The maximum absolute atomic E-state index is 13.3. The van der Waals surface area contributed by atoms with Crippen LogP contribution in [0, 0.1) is 12.8 Å². The number of aromatic amines is 1. The third-order valence-electron chi connectivity index (χ3n) is 6.21. The number of amides is 1. The molecule has 2 aliphatic rings. The summed E-state index contributed by atoms with van der Waals surface area (Å²) in [7, 11) is 0. The molecule has 3 heterocycles. The Kier molecular flexibility index (Phi) is 6.53. The van der Waals surface area contributed by atoms with E-state index in [1.54, 1.807) is 23.2 Å². The first-order chi connectivity index (χ1) is 15.1. The highest BCUT2D eigenvalue weighted by Gasteiger charge is 2.53. The van der Waals surface area contributed by atoms with E-state index in [1.807, 2.05) is 37.3 Å². The summed E-state index contributed by atoms with van der Waals surface area (Å²) in [5.41, 5.74) is 2.19. The van der Waals surface area contributed by atoms with E-state index in [-0.39, 0.29) is 5.78 Å². The third-order valence-corrected chi connectivity index (χ3v) is 6.21. The van der Waals surface area contributed by atoms with Gasteiger partial charge in [-0.2, -0.15) is 0 Å². The van der Waals surface area contributed by atoms with Crippen molar-refractivity contribution in [1.29, 1.82) is 0 Å². The number of ether oxygens (including phenoxy) is 1. The Labute approximate surface area is 182 Å². The molecule has 7 nitrogen and oxygen atoms in total. The number of H-pyrrole nitrogens is 1. The van der Waals surface area contributed by atoms with Crippen molar-refractivity contribution >= 4 is 17.5 Å². The zero-order valence-electron chi connectivity index (χ0n) is 17.8. The summed E-state index contributed by atoms with van der Waals surface area (Å²) in [6.07, 6.45) is 2.52. The number of benzene rings is 1. The van der Waals surface area contributed by atoms with E-state index in [9.17, 15) is 14.4 Å². The number of aromatic nitrogens is 1. The van der Waals surface area contributed by atoms with Crippen molar-refractivity contribution in [3.8, 4) is 0 Å². The number of quaternary nitrogens is 1. The molecule has 0 spiro atoms. The lowest BCUT2D eigenvalue weighted by Crippen LogP contribution is -3.14. The Balaban J connectivity index is 1.58. The minimum absolute atomic E-state index is 0.304. The fraction of sp³-hybridized carbons (Fsp3) is 0.417. The SMILES string of the molecule is Cc1ccc(C(=O)C2C(=O)C(=O)N(CCC[NH+]3CCOCC3)C2c2cccc[nH+]2)cc1. The van der Waals surface area contributed by atoms with E-state index < -0.39 is 23.7 Å². The number of rotatable bonds is 7. The van der Waals surface area contributed by atoms with Crippen molar-refractivity contribution in [2.75, 3.05) is 39.4 Å². The number of morpholine rings is 1. The molecule has 7 heteroatoms. The number of carbonyl (C=O) groups is 3. The van der Waals surface area contributed by atoms with Crippen LogP contribution in [0.5, 0.6) is 0 Å². The van der Waals surface area contributed by atoms with Gasteiger partial charge >= 0.3 is 0 Å². The minimum atomic E-state index is -1.04. The van der Waals surface area contributed by atoms with Crippen LogP contribution in [-0.4, -0.2) is 61.8 Å². The Morgan fingerprint density at radius 2 is 1.87 bits per heavy atom. The number of aryl methyl sites for hydroxylation is 1. The van der Waals surface area contributed by atoms with Crippen LogP contribution < -0.4 is 9.88 Å². The highest BCUT2D eigenvalue weighted by Crippen LogP contribution is 2.36. The van der Waals surface area contributed by atoms with Crippen molar-refractivity contribution in [2.24, 2.45) is 5.92 Å².